The van der Waals surface area contributed by atoms with Crippen molar-refractivity contribution < 1.29 is 37.6 Å². The average Bonchev–Trinajstić information content (AvgIpc) is 3.08. The fourth-order valence-corrected chi connectivity index (χ4v) is 6.13. The van der Waals surface area contributed by atoms with E-state index in [1.54, 1.807) is 0 Å². The van der Waals surface area contributed by atoms with Crippen LogP contribution in [0, 0.1) is 0 Å². The van der Waals surface area contributed by atoms with Crippen LogP contribution in [0.2, 0.25) is 0 Å². The number of phosphoric acid groups is 1. The third-order valence-corrected chi connectivity index (χ3v) is 9.32. The van der Waals surface area contributed by atoms with Gasteiger partial charge >= 0.3 is 19.8 Å². The number of carbonyl (C=O) groups is 2. The number of rotatable bonds is 37. The Kier molecular flexibility index (Phi) is 35.2. The van der Waals surface area contributed by atoms with Crippen molar-refractivity contribution in [2.45, 2.75) is 187 Å². The first-order valence-electron chi connectivity index (χ1n) is 19.8. The number of carbonyl (C=O) groups excluding carboxylic acids is 2. The molecule has 0 aliphatic carbocycles. The van der Waals surface area contributed by atoms with Crippen molar-refractivity contribution in [3.63, 3.8) is 0 Å². The quantitative estimate of drug-likeness (QED) is 0.0279. The summed E-state index contributed by atoms with van der Waals surface area (Å²) in [5.74, 6) is -0.841. The maximum atomic E-state index is 12.5. The summed E-state index contributed by atoms with van der Waals surface area (Å²) < 4.78 is 32.7. The first-order valence-corrected chi connectivity index (χ1v) is 21.3. The monoisotopic (exact) mass is 716 g/mol. The molecule has 0 radical (unpaired) electrons. The second-order valence-electron chi connectivity index (χ2n) is 13.2. The normalized spacial score (nSPS) is 13.6. The minimum Gasteiger partial charge on any atom is -0.462 e. The van der Waals surface area contributed by atoms with Gasteiger partial charge in [0, 0.05) is 19.4 Å². The standard InChI is InChI=1S/C39H74NO8P/c1-3-5-7-9-11-13-15-17-18-20-22-24-26-28-30-32-39(42)48-37(36-47-49(43,44)46-34-33-40)35-45-38(41)31-29-27-25-23-21-19-16-14-12-10-8-6-4-2/h11,13,17-18,37H,3-10,12,14-16,19-36,40H2,1-2H3,(H,43,44)/b13-11-,18-17+/t37-/m1/s1. The van der Waals surface area contributed by atoms with Crippen LogP contribution in [0.3, 0.4) is 0 Å². The first kappa shape index (κ1) is 47.5. The Morgan fingerprint density at radius 2 is 1.06 bits per heavy atom. The van der Waals surface area contributed by atoms with Crippen LogP contribution in [0.4, 0.5) is 0 Å². The lowest BCUT2D eigenvalue weighted by molar-refractivity contribution is -0.161. The Labute approximate surface area is 300 Å². The number of unbranched alkanes of at least 4 members (excludes halogenated alkanes) is 20. The van der Waals surface area contributed by atoms with Gasteiger partial charge in [-0.1, -0.05) is 147 Å². The van der Waals surface area contributed by atoms with Crippen LogP contribution in [-0.4, -0.2) is 49.3 Å². The van der Waals surface area contributed by atoms with Gasteiger partial charge in [-0.3, -0.25) is 18.6 Å². The van der Waals surface area contributed by atoms with E-state index in [-0.39, 0.29) is 38.6 Å². The molecule has 0 fully saturated rings. The molecule has 0 aliphatic rings. The number of hydrogen-bond donors (Lipinski definition) is 2. The summed E-state index contributed by atoms with van der Waals surface area (Å²) in [6.07, 6.45) is 36.3. The van der Waals surface area contributed by atoms with E-state index in [2.05, 4.69) is 38.2 Å². The highest BCUT2D eigenvalue weighted by atomic mass is 31.2. The molecule has 0 heterocycles. The van der Waals surface area contributed by atoms with E-state index >= 15 is 0 Å². The zero-order chi connectivity index (χ0) is 36.1. The molecule has 3 N–H and O–H groups in total. The molecule has 0 aromatic carbocycles. The molecule has 0 amide bonds. The van der Waals surface area contributed by atoms with E-state index in [0.717, 1.165) is 57.8 Å². The summed E-state index contributed by atoms with van der Waals surface area (Å²) >= 11 is 0. The highest BCUT2D eigenvalue weighted by molar-refractivity contribution is 7.47. The van der Waals surface area contributed by atoms with Crippen LogP contribution in [0.1, 0.15) is 181 Å². The molecule has 9 nitrogen and oxygen atoms in total. The predicted octanol–water partition coefficient (Wildman–Crippen LogP) is 10.8. The third kappa shape index (κ3) is 36.1. The summed E-state index contributed by atoms with van der Waals surface area (Å²) in [5.41, 5.74) is 5.33. The highest BCUT2D eigenvalue weighted by Crippen LogP contribution is 2.43. The molecule has 0 aliphatic heterocycles. The van der Waals surface area contributed by atoms with E-state index in [1.807, 2.05) is 0 Å². The van der Waals surface area contributed by atoms with Crippen LogP contribution >= 0.6 is 7.82 Å². The van der Waals surface area contributed by atoms with Gasteiger partial charge in [-0.25, -0.2) is 4.57 Å². The Bertz CT molecular complexity index is 866. The zero-order valence-corrected chi connectivity index (χ0v) is 32.3. The summed E-state index contributed by atoms with van der Waals surface area (Å²) in [4.78, 5) is 34.7. The van der Waals surface area contributed by atoms with Crippen LogP contribution in [0.15, 0.2) is 24.3 Å². The van der Waals surface area contributed by atoms with Gasteiger partial charge in [0.2, 0.25) is 0 Å². The van der Waals surface area contributed by atoms with Crippen molar-refractivity contribution in [2.75, 3.05) is 26.4 Å². The smallest absolute Gasteiger partial charge is 0.462 e. The molecular formula is C39H74NO8P. The molecule has 0 aromatic heterocycles. The molecule has 0 aromatic rings. The van der Waals surface area contributed by atoms with Gasteiger partial charge in [-0.2, -0.15) is 0 Å². The third-order valence-electron chi connectivity index (χ3n) is 8.34. The van der Waals surface area contributed by atoms with Gasteiger partial charge in [0.1, 0.15) is 6.61 Å². The van der Waals surface area contributed by atoms with Gasteiger partial charge in [-0.15, -0.1) is 0 Å². The largest absolute Gasteiger partial charge is 0.472 e. The molecule has 288 valence electrons. The maximum Gasteiger partial charge on any atom is 0.472 e. The van der Waals surface area contributed by atoms with Gasteiger partial charge < -0.3 is 20.1 Å². The Balaban J connectivity index is 4.22. The molecule has 0 saturated carbocycles. The van der Waals surface area contributed by atoms with E-state index in [1.165, 1.54) is 89.9 Å². The van der Waals surface area contributed by atoms with Gasteiger partial charge in [0.05, 0.1) is 13.2 Å². The number of hydrogen-bond acceptors (Lipinski definition) is 8. The molecule has 0 rings (SSSR count). The summed E-state index contributed by atoms with van der Waals surface area (Å²) in [6.45, 7) is 3.69. The minimum atomic E-state index is -4.37. The van der Waals surface area contributed by atoms with Crippen LogP contribution in [-0.2, 0) is 32.7 Å². The van der Waals surface area contributed by atoms with Crippen molar-refractivity contribution in [3.05, 3.63) is 24.3 Å². The number of esters is 2. The van der Waals surface area contributed by atoms with Crippen LogP contribution < -0.4 is 5.73 Å². The van der Waals surface area contributed by atoms with Crippen molar-refractivity contribution in [1.29, 1.82) is 0 Å². The van der Waals surface area contributed by atoms with E-state index < -0.39 is 26.5 Å². The molecule has 49 heavy (non-hydrogen) atoms. The van der Waals surface area contributed by atoms with Crippen LogP contribution in [0.5, 0.6) is 0 Å². The molecule has 0 bridgehead atoms. The molecule has 0 spiro atoms. The van der Waals surface area contributed by atoms with E-state index in [0.29, 0.717) is 6.42 Å². The number of ether oxygens (including phenoxy) is 2. The van der Waals surface area contributed by atoms with Crippen molar-refractivity contribution in [1.82, 2.24) is 0 Å². The lowest BCUT2D eigenvalue weighted by Crippen LogP contribution is -2.29. The fourth-order valence-electron chi connectivity index (χ4n) is 5.37. The van der Waals surface area contributed by atoms with Gasteiger partial charge in [0.25, 0.3) is 0 Å². The maximum absolute atomic E-state index is 12.5. The second kappa shape index (κ2) is 36.3. The van der Waals surface area contributed by atoms with Gasteiger partial charge in [0.15, 0.2) is 6.10 Å². The second-order valence-corrected chi connectivity index (χ2v) is 14.6. The molecular weight excluding hydrogens is 641 g/mol. The number of phosphoric ester groups is 1. The Morgan fingerprint density at radius 1 is 0.612 bits per heavy atom. The average molecular weight is 716 g/mol. The number of nitrogens with two attached hydrogens (primary N) is 1. The van der Waals surface area contributed by atoms with Crippen molar-refractivity contribution in [3.8, 4) is 0 Å². The topological polar surface area (TPSA) is 134 Å². The Hall–Kier alpha value is -1.51. The summed E-state index contributed by atoms with van der Waals surface area (Å²) in [6, 6.07) is 0. The summed E-state index contributed by atoms with van der Waals surface area (Å²) in [5, 5.41) is 0. The molecule has 2 atom stereocenters. The minimum absolute atomic E-state index is 0.0523. The Morgan fingerprint density at radius 3 is 1.59 bits per heavy atom. The molecule has 1 unspecified atom stereocenters. The first-order chi connectivity index (χ1) is 23.8. The highest BCUT2D eigenvalue weighted by Gasteiger charge is 2.25. The lowest BCUT2D eigenvalue weighted by Gasteiger charge is -2.19. The zero-order valence-electron chi connectivity index (χ0n) is 31.4. The van der Waals surface area contributed by atoms with E-state index in [4.69, 9.17) is 24.3 Å². The van der Waals surface area contributed by atoms with Crippen molar-refractivity contribution >= 4 is 19.8 Å². The molecule has 10 heteroatoms. The van der Waals surface area contributed by atoms with Gasteiger partial charge in [-0.05, 0) is 44.9 Å². The number of allylic oxidation sites excluding steroid dienone is 4. The van der Waals surface area contributed by atoms with Crippen molar-refractivity contribution in [2.24, 2.45) is 5.73 Å². The van der Waals surface area contributed by atoms with E-state index in [9.17, 15) is 19.0 Å². The lowest BCUT2D eigenvalue weighted by atomic mass is 10.0. The predicted molar refractivity (Wildman–Crippen MR) is 201 cm³/mol. The van der Waals surface area contributed by atoms with Crippen LogP contribution in [0.25, 0.3) is 0 Å². The summed E-state index contributed by atoms with van der Waals surface area (Å²) in [7, 11) is -4.37. The fraction of sp³-hybridized carbons (Fsp3) is 0.846. The molecule has 0 saturated heterocycles. The SMILES string of the molecule is CCCCC/C=C\C/C=C/CCCCCCCC(=O)O[C@H](COC(=O)CCCCCCCCCCCCCCC)COP(=O)(O)OCCN.